The predicted octanol–water partition coefficient (Wildman–Crippen LogP) is 2.88. The fourth-order valence-electron chi connectivity index (χ4n) is 1.84. The number of hydrogen-bond donors (Lipinski definition) is 3. The molecule has 4 heteroatoms. The second kappa shape index (κ2) is 9.71. The van der Waals surface area contributed by atoms with Crippen molar-refractivity contribution in [2.24, 2.45) is 5.92 Å². The Kier molecular flexibility index (Phi) is 9.01. The molecule has 0 aliphatic carbocycles. The molecule has 0 saturated carbocycles. The lowest BCUT2D eigenvalue weighted by Gasteiger charge is -2.13. The molecule has 0 fully saturated rings. The van der Waals surface area contributed by atoms with Gasteiger partial charge in [-0.25, -0.2) is 0 Å². The number of unbranched alkanes of at least 4 members (excludes halogenated alkanes) is 1. The number of carboxylic acids is 1. The van der Waals surface area contributed by atoms with Crippen LogP contribution in [0, 0.1) is 5.92 Å². The Labute approximate surface area is 109 Å². The number of aliphatic hydroxyl groups excluding tert-OH is 1. The van der Waals surface area contributed by atoms with E-state index in [1.54, 1.807) is 0 Å². The molecule has 0 aromatic rings. The first-order valence-corrected chi connectivity index (χ1v) is 6.35. The van der Waals surface area contributed by atoms with Crippen molar-refractivity contribution in [3.63, 3.8) is 0 Å². The molecule has 4 nitrogen and oxygen atoms in total. The molecule has 0 aliphatic heterocycles. The first-order valence-electron chi connectivity index (χ1n) is 6.35. The molecule has 1 atom stereocenters. The molecule has 1 unspecified atom stereocenters. The number of carbonyl (C=O) groups is 1. The third-order valence-electron chi connectivity index (χ3n) is 2.63. The van der Waals surface area contributed by atoms with Crippen LogP contribution in [0.5, 0.6) is 0 Å². The zero-order valence-corrected chi connectivity index (χ0v) is 11.2. The lowest BCUT2D eigenvalue weighted by molar-refractivity contribution is -0.138. The van der Waals surface area contributed by atoms with Crippen molar-refractivity contribution < 1.29 is 15.0 Å². The summed E-state index contributed by atoms with van der Waals surface area (Å²) in [6.07, 6.45) is 3.24. The standard InChI is InChI=1S/C14H25NO3/c1-11(2)10-15-7-5-4-6-13(8-12(3)16)9-14(17)18/h13,15-16H,1,3-10H2,2H3,(H,17,18). The predicted molar refractivity (Wildman–Crippen MR) is 73.7 cm³/mol. The van der Waals surface area contributed by atoms with Crippen molar-refractivity contribution >= 4 is 5.97 Å². The summed E-state index contributed by atoms with van der Waals surface area (Å²) in [6.45, 7) is 10.9. The second-order valence-electron chi connectivity index (χ2n) is 4.86. The Bertz CT molecular complexity index is 271. The van der Waals surface area contributed by atoms with Gasteiger partial charge in [0.1, 0.15) is 0 Å². The van der Waals surface area contributed by atoms with Crippen LogP contribution in [0.25, 0.3) is 0 Å². The lowest BCUT2D eigenvalue weighted by Crippen LogP contribution is -2.17. The summed E-state index contributed by atoms with van der Waals surface area (Å²) in [5, 5.41) is 21.2. The second-order valence-corrected chi connectivity index (χ2v) is 4.86. The van der Waals surface area contributed by atoms with Crippen LogP contribution in [-0.4, -0.2) is 29.3 Å². The average Bonchev–Trinajstić information content (AvgIpc) is 2.20. The fraction of sp³-hybridized carbons (Fsp3) is 0.643. The molecule has 0 heterocycles. The Balaban J connectivity index is 3.72. The van der Waals surface area contributed by atoms with Gasteiger partial charge in [-0.3, -0.25) is 4.79 Å². The number of hydrogen-bond acceptors (Lipinski definition) is 3. The van der Waals surface area contributed by atoms with Gasteiger partial charge in [0, 0.05) is 19.4 Å². The molecule has 104 valence electrons. The van der Waals surface area contributed by atoms with E-state index in [9.17, 15) is 4.79 Å². The van der Waals surface area contributed by atoms with E-state index in [4.69, 9.17) is 10.2 Å². The van der Waals surface area contributed by atoms with E-state index < -0.39 is 5.97 Å². The molecule has 0 radical (unpaired) electrons. The maximum Gasteiger partial charge on any atom is 0.303 e. The zero-order chi connectivity index (χ0) is 14.0. The first kappa shape index (κ1) is 16.7. The Morgan fingerprint density at radius 1 is 1.22 bits per heavy atom. The van der Waals surface area contributed by atoms with Gasteiger partial charge in [0.15, 0.2) is 0 Å². The van der Waals surface area contributed by atoms with E-state index in [1.165, 1.54) is 0 Å². The zero-order valence-electron chi connectivity index (χ0n) is 11.2. The number of aliphatic hydroxyl groups is 1. The topological polar surface area (TPSA) is 69.6 Å². The summed E-state index contributed by atoms with van der Waals surface area (Å²) in [4.78, 5) is 10.7. The Morgan fingerprint density at radius 3 is 2.39 bits per heavy atom. The molecule has 0 rings (SSSR count). The van der Waals surface area contributed by atoms with Crippen molar-refractivity contribution in [2.45, 2.75) is 39.0 Å². The van der Waals surface area contributed by atoms with Gasteiger partial charge in [0.05, 0.1) is 5.76 Å². The van der Waals surface area contributed by atoms with Crippen molar-refractivity contribution in [1.29, 1.82) is 0 Å². The van der Waals surface area contributed by atoms with Gasteiger partial charge in [-0.1, -0.05) is 25.2 Å². The number of rotatable bonds is 11. The van der Waals surface area contributed by atoms with Gasteiger partial charge < -0.3 is 15.5 Å². The number of aliphatic carboxylic acids is 1. The van der Waals surface area contributed by atoms with Crippen LogP contribution in [0.15, 0.2) is 24.5 Å². The summed E-state index contributed by atoms with van der Waals surface area (Å²) in [7, 11) is 0. The van der Waals surface area contributed by atoms with E-state index in [2.05, 4.69) is 18.5 Å². The molecule has 3 N–H and O–H groups in total. The smallest absolute Gasteiger partial charge is 0.303 e. The van der Waals surface area contributed by atoms with Crippen molar-refractivity contribution in [3.8, 4) is 0 Å². The van der Waals surface area contributed by atoms with Gasteiger partial charge in [-0.05, 0) is 32.2 Å². The van der Waals surface area contributed by atoms with E-state index in [0.717, 1.165) is 37.9 Å². The largest absolute Gasteiger partial charge is 0.513 e. The molecular formula is C14H25NO3. The summed E-state index contributed by atoms with van der Waals surface area (Å²) in [5.41, 5.74) is 1.11. The molecule has 0 aromatic carbocycles. The minimum atomic E-state index is -0.818. The van der Waals surface area contributed by atoms with E-state index in [1.807, 2.05) is 6.92 Å². The minimum absolute atomic E-state index is 0.0128. The lowest BCUT2D eigenvalue weighted by atomic mass is 9.94. The third kappa shape index (κ3) is 11.2. The Morgan fingerprint density at radius 2 is 1.89 bits per heavy atom. The van der Waals surface area contributed by atoms with Gasteiger partial charge >= 0.3 is 5.97 Å². The van der Waals surface area contributed by atoms with Crippen LogP contribution in [0.3, 0.4) is 0 Å². The Hall–Kier alpha value is -1.29. The van der Waals surface area contributed by atoms with Crippen LogP contribution >= 0.6 is 0 Å². The average molecular weight is 255 g/mol. The van der Waals surface area contributed by atoms with E-state index >= 15 is 0 Å². The quantitative estimate of drug-likeness (QED) is 0.302. The van der Waals surface area contributed by atoms with Crippen LogP contribution in [-0.2, 0) is 4.79 Å². The highest BCUT2D eigenvalue weighted by Gasteiger charge is 2.13. The molecule has 0 aromatic heterocycles. The molecule has 18 heavy (non-hydrogen) atoms. The van der Waals surface area contributed by atoms with Gasteiger partial charge in [-0.2, -0.15) is 0 Å². The maximum atomic E-state index is 10.7. The van der Waals surface area contributed by atoms with Crippen molar-refractivity contribution in [2.75, 3.05) is 13.1 Å². The maximum absolute atomic E-state index is 10.7. The number of nitrogens with one attached hydrogen (secondary N) is 1. The van der Waals surface area contributed by atoms with Gasteiger partial charge in [-0.15, -0.1) is 0 Å². The number of carboxylic acid groups (broad SMARTS) is 1. The van der Waals surface area contributed by atoms with Gasteiger partial charge in [0.25, 0.3) is 0 Å². The summed E-state index contributed by atoms with van der Waals surface area (Å²) >= 11 is 0. The monoisotopic (exact) mass is 255 g/mol. The summed E-state index contributed by atoms with van der Waals surface area (Å²) in [5.74, 6) is -0.760. The van der Waals surface area contributed by atoms with Crippen LogP contribution in [0.4, 0.5) is 0 Å². The van der Waals surface area contributed by atoms with Crippen LogP contribution in [0.1, 0.15) is 39.0 Å². The highest BCUT2D eigenvalue weighted by molar-refractivity contribution is 5.67. The summed E-state index contributed by atoms with van der Waals surface area (Å²) in [6, 6.07) is 0. The summed E-state index contributed by atoms with van der Waals surface area (Å²) < 4.78 is 0. The molecule has 0 aliphatic rings. The fourth-order valence-corrected chi connectivity index (χ4v) is 1.84. The first-order chi connectivity index (χ1) is 8.41. The van der Waals surface area contributed by atoms with Gasteiger partial charge in [0.2, 0.25) is 0 Å². The normalized spacial score (nSPS) is 12.1. The van der Waals surface area contributed by atoms with Crippen LogP contribution in [0.2, 0.25) is 0 Å². The van der Waals surface area contributed by atoms with E-state index in [-0.39, 0.29) is 18.1 Å². The van der Waals surface area contributed by atoms with Crippen molar-refractivity contribution in [1.82, 2.24) is 5.32 Å². The molecular weight excluding hydrogens is 230 g/mol. The van der Waals surface area contributed by atoms with Crippen molar-refractivity contribution in [3.05, 3.63) is 24.5 Å². The highest BCUT2D eigenvalue weighted by atomic mass is 16.4. The molecule has 0 amide bonds. The van der Waals surface area contributed by atoms with Crippen LogP contribution < -0.4 is 5.32 Å². The minimum Gasteiger partial charge on any atom is -0.513 e. The molecule has 0 saturated heterocycles. The highest BCUT2D eigenvalue weighted by Crippen LogP contribution is 2.19. The molecule has 0 bridgehead atoms. The third-order valence-corrected chi connectivity index (χ3v) is 2.63. The number of allylic oxidation sites excluding steroid dienone is 1. The SMILES string of the molecule is C=C(C)CNCCCCC(CC(=C)O)CC(=O)O. The molecule has 0 spiro atoms. The van der Waals surface area contributed by atoms with E-state index in [0.29, 0.717) is 6.42 Å².